The highest BCUT2D eigenvalue weighted by atomic mass is 32.2. The number of amides is 1. The smallest absolute Gasteiger partial charge is 0.234 e. The molecule has 0 atom stereocenters. The molecule has 166 valence electrons. The first kappa shape index (κ1) is 22.1. The molecule has 2 heterocycles. The Hall–Kier alpha value is -3.13. The molecule has 2 aromatic heterocycles. The lowest BCUT2D eigenvalue weighted by molar-refractivity contribution is -0.113. The number of hydrogen-bond acceptors (Lipinski definition) is 5. The summed E-state index contributed by atoms with van der Waals surface area (Å²) in [5.41, 5.74) is 5.29. The fourth-order valence-electron chi connectivity index (χ4n) is 3.75. The summed E-state index contributed by atoms with van der Waals surface area (Å²) in [5, 5.41) is 12.4. The van der Waals surface area contributed by atoms with Crippen LogP contribution in [0.3, 0.4) is 0 Å². The lowest BCUT2D eigenvalue weighted by atomic mass is 10.0. The van der Waals surface area contributed by atoms with Gasteiger partial charge in [-0.2, -0.15) is 0 Å². The van der Waals surface area contributed by atoms with E-state index in [9.17, 15) is 4.79 Å². The van der Waals surface area contributed by atoms with Gasteiger partial charge < -0.3 is 14.9 Å². The van der Waals surface area contributed by atoms with Crippen molar-refractivity contribution in [2.24, 2.45) is 7.05 Å². The highest BCUT2D eigenvalue weighted by Crippen LogP contribution is 2.24. The second-order valence-electron chi connectivity index (χ2n) is 7.65. The Labute approximate surface area is 192 Å². The molecule has 1 amide bonds. The van der Waals surface area contributed by atoms with Gasteiger partial charge in [-0.1, -0.05) is 55.9 Å². The third-order valence-corrected chi connectivity index (χ3v) is 6.56. The number of nitrogens with zero attached hydrogens (tertiary/aromatic N) is 4. The van der Waals surface area contributed by atoms with Gasteiger partial charge >= 0.3 is 0 Å². The maximum Gasteiger partial charge on any atom is 0.234 e. The molecule has 0 aliphatic heterocycles. The van der Waals surface area contributed by atoms with E-state index in [1.165, 1.54) is 11.8 Å². The van der Waals surface area contributed by atoms with Gasteiger partial charge in [0.25, 0.3) is 0 Å². The lowest BCUT2D eigenvalue weighted by Gasteiger charge is -2.14. The van der Waals surface area contributed by atoms with Crippen molar-refractivity contribution < 1.29 is 4.79 Å². The molecule has 0 aliphatic carbocycles. The zero-order chi connectivity index (χ0) is 22.5. The normalized spacial score (nSPS) is 11.2. The Morgan fingerprint density at radius 1 is 1.03 bits per heavy atom. The number of para-hydroxylation sites is 3. The van der Waals surface area contributed by atoms with Crippen molar-refractivity contribution in [2.45, 2.75) is 44.7 Å². The summed E-state index contributed by atoms with van der Waals surface area (Å²) in [6, 6.07) is 14.2. The van der Waals surface area contributed by atoms with Gasteiger partial charge in [0, 0.05) is 25.6 Å². The largest absolute Gasteiger partial charge is 0.342 e. The number of imidazole rings is 1. The first-order chi connectivity index (χ1) is 15.6. The molecule has 0 unspecified atom stereocenters. The Morgan fingerprint density at radius 2 is 1.78 bits per heavy atom. The van der Waals surface area contributed by atoms with Gasteiger partial charge in [0.1, 0.15) is 11.6 Å². The van der Waals surface area contributed by atoms with Gasteiger partial charge in [0.2, 0.25) is 5.91 Å². The van der Waals surface area contributed by atoms with Crippen LogP contribution in [0.5, 0.6) is 0 Å². The zero-order valence-electron chi connectivity index (χ0n) is 18.7. The summed E-state index contributed by atoms with van der Waals surface area (Å²) in [7, 11) is 1.94. The van der Waals surface area contributed by atoms with Gasteiger partial charge in [-0.3, -0.25) is 4.79 Å². The molecule has 0 aliphatic rings. The number of hydrogen-bond donors (Lipinski definition) is 2. The van der Waals surface area contributed by atoms with Crippen molar-refractivity contribution >= 4 is 34.4 Å². The van der Waals surface area contributed by atoms with Crippen molar-refractivity contribution in [2.75, 3.05) is 11.1 Å². The maximum atomic E-state index is 12.6. The van der Waals surface area contributed by atoms with E-state index in [1.54, 1.807) is 0 Å². The van der Waals surface area contributed by atoms with Gasteiger partial charge in [-0.25, -0.2) is 4.98 Å². The van der Waals surface area contributed by atoms with E-state index in [4.69, 9.17) is 0 Å². The number of carbonyl (C=O) groups is 1. The molecule has 0 saturated carbocycles. The monoisotopic (exact) mass is 448 g/mol. The molecule has 0 spiro atoms. The van der Waals surface area contributed by atoms with E-state index in [1.807, 2.05) is 35.9 Å². The van der Waals surface area contributed by atoms with E-state index in [0.29, 0.717) is 0 Å². The number of aryl methyl sites for hydroxylation is 4. The number of benzene rings is 2. The quantitative estimate of drug-likeness (QED) is 0.372. The average Bonchev–Trinajstić information content (AvgIpc) is 3.39. The second kappa shape index (κ2) is 9.99. The van der Waals surface area contributed by atoms with Crippen molar-refractivity contribution in [1.82, 2.24) is 24.7 Å². The van der Waals surface area contributed by atoms with Crippen LogP contribution in [0, 0.1) is 0 Å². The zero-order valence-corrected chi connectivity index (χ0v) is 19.5. The van der Waals surface area contributed by atoms with Gasteiger partial charge in [-0.05, 0) is 36.1 Å². The number of aromatic amines is 1. The van der Waals surface area contributed by atoms with Crippen molar-refractivity contribution in [3.63, 3.8) is 0 Å². The number of anilines is 1. The fourth-order valence-corrected chi connectivity index (χ4v) is 4.48. The molecule has 4 rings (SSSR count). The van der Waals surface area contributed by atoms with E-state index in [0.717, 1.165) is 70.3 Å². The summed E-state index contributed by atoms with van der Waals surface area (Å²) >= 11 is 1.40. The summed E-state index contributed by atoms with van der Waals surface area (Å²) in [4.78, 5) is 20.6. The molecule has 2 aromatic carbocycles. The third kappa shape index (κ3) is 4.85. The number of H-pyrrole nitrogens is 1. The van der Waals surface area contributed by atoms with Gasteiger partial charge in [0.15, 0.2) is 5.16 Å². The van der Waals surface area contributed by atoms with Crippen LogP contribution < -0.4 is 5.32 Å². The van der Waals surface area contributed by atoms with E-state index in [-0.39, 0.29) is 11.7 Å². The molecule has 4 aromatic rings. The van der Waals surface area contributed by atoms with Crippen LogP contribution in [-0.4, -0.2) is 36.4 Å². The second-order valence-corrected chi connectivity index (χ2v) is 8.60. The van der Waals surface area contributed by atoms with Crippen molar-refractivity contribution in [1.29, 1.82) is 0 Å². The van der Waals surface area contributed by atoms with Crippen LogP contribution in [0.4, 0.5) is 5.69 Å². The number of nitrogens with one attached hydrogen (secondary N) is 2. The van der Waals surface area contributed by atoms with E-state index in [2.05, 4.69) is 57.5 Å². The molecule has 7 nitrogen and oxygen atoms in total. The molecule has 2 N–H and O–H groups in total. The minimum atomic E-state index is -0.0302. The van der Waals surface area contributed by atoms with Crippen molar-refractivity contribution in [3.05, 3.63) is 65.2 Å². The van der Waals surface area contributed by atoms with Crippen molar-refractivity contribution in [3.8, 4) is 0 Å². The predicted molar refractivity (Wildman–Crippen MR) is 129 cm³/mol. The average molecular weight is 449 g/mol. The molecule has 0 radical (unpaired) electrons. The van der Waals surface area contributed by atoms with Gasteiger partial charge in [0.05, 0.1) is 16.8 Å². The number of rotatable bonds is 9. The lowest BCUT2D eigenvalue weighted by Crippen LogP contribution is -2.17. The molecule has 0 fully saturated rings. The Bertz CT molecular complexity index is 1170. The summed E-state index contributed by atoms with van der Waals surface area (Å²) < 4.78 is 1.96. The molecular formula is C24H28N6OS. The standard InChI is InChI=1S/C24H28N6OS/c1-4-16-9-8-10-17(5-2)23(16)27-22(31)15-32-24-29-28-21(30(24)3)14-13-20-25-18-11-6-7-12-19(18)26-20/h6-12H,4-5,13-15H2,1-3H3,(H,25,26)(H,27,31). The highest BCUT2D eigenvalue weighted by molar-refractivity contribution is 7.99. The molecule has 32 heavy (non-hydrogen) atoms. The highest BCUT2D eigenvalue weighted by Gasteiger charge is 2.14. The molecule has 0 saturated heterocycles. The summed E-state index contributed by atoms with van der Waals surface area (Å²) in [6.07, 6.45) is 3.24. The SMILES string of the molecule is CCc1cccc(CC)c1NC(=O)CSc1nnc(CCc2nc3ccccc3[nH]2)n1C. The Morgan fingerprint density at radius 3 is 2.50 bits per heavy atom. The molecule has 0 bridgehead atoms. The topological polar surface area (TPSA) is 88.5 Å². The van der Waals surface area contributed by atoms with E-state index >= 15 is 0 Å². The van der Waals surface area contributed by atoms with Gasteiger partial charge in [-0.15, -0.1) is 10.2 Å². The number of carbonyl (C=O) groups excluding carboxylic acids is 1. The number of thioether (sulfide) groups is 1. The number of aromatic nitrogens is 5. The minimum absolute atomic E-state index is 0.0302. The van der Waals surface area contributed by atoms with Crippen LogP contribution in [0.25, 0.3) is 11.0 Å². The Kier molecular flexibility index (Phi) is 6.90. The Balaban J connectivity index is 1.35. The van der Waals surface area contributed by atoms with Crippen LogP contribution in [0.1, 0.15) is 36.6 Å². The van der Waals surface area contributed by atoms with Crippen LogP contribution in [0.2, 0.25) is 0 Å². The maximum absolute atomic E-state index is 12.6. The van der Waals surface area contributed by atoms with Crippen LogP contribution in [0.15, 0.2) is 47.6 Å². The predicted octanol–water partition coefficient (Wildman–Crippen LogP) is 4.33. The first-order valence-corrected chi connectivity index (χ1v) is 11.9. The fraction of sp³-hybridized carbons (Fsp3) is 0.333. The molecule has 8 heteroatoms. The molecular weight excluding hydrogens is 420 g/mol. The minimum Gasteiger partial charge on any atom is -0.342 e. The summed E-state index contributed by atoms with van der Waals surface area (Å²) in [6.45, 7) is 4.21. The first-order valence-electron chi connectivity index (χ1n) is 10.9. The van der Waals surface area contributed by atoms with E-state index < -0.39 is 0 Å². The third-order valence-electron chi connectivity index (χ3n) is 5.54. The summed E-state index contributed by atoms with van der Waals surface area (Å²) in [5.74, 6) is 2.07. The van der Waals surface area contributed by atoms with Crippen LogP contribution >= 0.6 is 11.8 Å². The number of fused-ring (bicyclic) bond motifs is 1. The van der Waals surface area contributed by atoms with Crippen LogP contribution in [-0.2, 0) is 37.5 Å².